The second kappa shape index (κ2) is 7.78. The molecule has 1 aromatic carbocycles. The summed E-state index contributed by atoms with van der Waals surface area (Å²) in [7, 11) is 0. The molecule has 1 aromatic rings. The van der Waals surface area contributed by atoms with Crippen molar-refractivity contribution in [1.29, 1.82) is 0 Å². The smallest absolute Gasteiger partial charge is 0.332 e. The second-order valence-electron chi connectivity index (χ2n) is 5.91. The van der Waals surface area contributed by atoms with E-state index in [2.05, 4.69) is 5.32 Å². The summed E-state index contributed by atoms with van der Waals surface area (Å²) < 4.78 is 0. The zero-order valence-corrected chi connectivity index (χ0v) is 13.0. The fourth-order valence-corrected chi connectivity index (χ4v) is 2.82. The molecule has 0 atom stereocenters. The van der Waals surface area contributed by atoms with Crippen LogP contribution in [0.2, 0.25) is 0 Å². The van der Waals surface area contributed by atoms with Crippen LogP contribution in [0.15, 0.2) is 29.8 Å². The van der Waals surface area contributed by atoms with E-state index in [-0.39, 0.29) is 23.9 Å². The number of amides is 1. The summed E-state index contributed by atoms with van der Waals surface area (Å²) in [6.45, 7) is 1.92. The lowest BCUT2D eigenvalue weighted by Crippen LogP contribution is -2.36. The average Bonchev–Trinajstić information content (AvgIpc) is 2.49. The predicted octanol–water partition coefficient (Wildman–Crippen LogP) is 3.30. The van der Waals surface area contributed by atoms with E-state index in [4.69, 9.17) is 0 Å². The molecule has 0 unspecified atom stereocenters. The van der Waals surface area contributed by atoms with E-state index < -0.39 is 5.97 Å². The molecule has 22 heavy (non-hydrogen) atoms. The molecule has 0 saturated heterocycles. The van der Waals surface area contributed by atoms with Crippen molar-refractivity contribution in [3.05, 3.63) is 41.0 Å². The van der Waals surface area contributed by atoms with Gasteiger partial charge in [0.1, 0.15) is 0 Å². The van der Waals surface area contributed by atoms with E-state index >= 15 is 0 Å². The Hall–Kier alpha value is -2.10. The van der Waals surface area contributed by atoms with Crippen LogP contribution in [0.3, 0.4) is 0 Å². The third-order valence-corrected chi connectivity index (χ3v) is 4.11. The largest absolute Gasteiger partial charge is 0.478 e. The van der Waals surface area contributed by atoms with E-state index in [1.807, 2.05) is 31.2 Å². The Labute approximate surface area is 131 Å². The minimum atomic E-state index is -1.04. The Morgan fingerprint density at radius 2 is 1.91 bits per heavy atom. The summed E-state index contributed by atoms with van der Waals surface area (Å²) in [4.78, 5) is 23.5. The summed E-state index contributed by atoms with van der Waals surface area (Å²) >= 11 is 0. The number of hydrogen-bond donors (Lipinski definition) is 2. The predicted molar refractivity (Wildman–Crippen MR) is 86.4 cm³/mol. The van der Waals surface area contributed by atoms with Crippen LogP contribution in [0, 0.1) is 6.92 Å². The molecule has 4 nitrogen and oxygen atoms in total. The van der Waals surface area contributed by atoms with Crippen molar-refractivity contribution in [3.8, 4) is 0 Å². The molecule has 1 aliphatic carbocycles. The molecular formula is C18H23NO3. The van der Waals surface area contributed by atoms with Crippen LogP contribution in [0.5, 0.6) is 0 Å². The van der Waals surface area contributed by atoms with Crippen LogP contribution in [-0.2, 0) is 9.59 Å². The first-order chi connectivity index (χ1) is 10.6. The summed E-state index contributed by atoms with van der Waals surface area (Å²) in [6, 6.07) is 7.75. The van der Waals surface area contributed by atoms with Gasteiger partial charge in [0.15, 0.2) is 0 Å². The molecule has 2 N–H and O–H groups in total. The molecule has 1 fully saturated rings. The quantitative estimate of drug-likeness (QED) is 0.820. The maximum Gasteiger partial charge on any atom is 0.332 e. The number of benzene rings is 1. The highest BCUT2D eigenvalue weighted by atomic mass is 16.4. The fourth-order valence-electron chi connectivity index (χ4n) is 2.82. The van der Waals surface area contributed by atoms with Crippen molar-refractivity contribution in [2.45, 2.75) is 51.5 Å². The van der Waals surface area contributed by atoms with Gasteiger partial charge in [0, 0.05) is 11.6 Å². The third kappa shape index (κ3) is 4.72. The third-order valence-electron chi connectivity index (χ3n) is 4.11. The van der Waals surface area contributed by atoms with Crippen molar-refractivity contribution in [3.63, 3.8) is 0 Å². The minimum Gasteiger partial charge on any atom is -0.478 e. The number of carboxylic acids is 1. The van der Waals surface area contributed by atoms with Gasteiger partial charge in [-0.3, -0.25) is 4.79 Å². The number of aryl methyl sites for hydroxylation is 1. The highest BCUT2D eigenvalue weighted by molar-refractivity contribution is 5.98. The number of rotatable bonds is 5. The van der Waals surface area contributed by atoms with Gasteiger partial charge in [0.25, 0.3) is 0 Å². The molecule has 4 heteroatoms. The van der Waals surface area contributed by atoms with E-state index in [9.17, 15) is 14.7 Å². The number of hydrogen-bond acceptors (Lipinski definition) is 2. The molecule has 2 rings (SSSR count). The zero-order valence-electron chi connectivity index (χ0n) is 13.0. The van der Waals surface area contributed by atoms with Crippen LogP contribution in [-0.4, -0.2) is 23.0 Å². The van der Waals surface area contributed by atoms with Gasteiger partial charge < -0.3 is 10.4 Å². The lowest BCUT2D eigenvalue weighted by Gasteiger charge is -2.22. The lowest BCUT2D eigenvalue weighted by molar-refractivity contribution is -0.134. The first-order valence-corrected chi connectivity index (χ1v) is 7.85. The monoisotopic (exact) mass is 301 g/mol. The molecule has 1 saturated carbocycles. The van der Waals surface area contributed by atoms with Crippen LogP contribution in [0.25, 0.3) is 6.08 Å². The number of carbonyl (C=O) groups is 2. The number of nitrogens with one attached hydrogen (secondary N) is 1. The molecule has 1 amide bonds. The van der Waals surface area contributed by atoms with Gasteiger partial charge in [-0.15, -0.1) is 0 Å². The maximum absolute atomic E-state index is 12.1. The summed E-state index contributed by atoms with van der Waals surface area (Å²) in [5.41, 5.74) is 1.96. The van der Waals surface area contributed by atoms with Gasteiger partial charge in [-0.05, 0) is 37.0 Å². The van der Waals surface area contributed by atoms with Gasteiger partial charge >= 0.3 is 5.97 Å². The number of carbonyl (C=O) groups excluding carboxylic acids is 1. The Bertz CT molecular complexity index is 571. The molecule has 0 aromatic heterocycles. The van der Waals surface area contributed by atoms with E-state index in [1.165, 1.54) is 6.42 Å². The van der Waals surface area contributed by atoms with Gasteiger partial charge in [0.2, 0.25) is 5.91 Å². The molecule has 0 radical (unpaired) electrons. The van der Waals surface area contributed by atoms with Crippen LogP contribution < -0.4 is 5.32 Å². The molecule has 0 heterocycles. The van der Waals surface area contributed by atoms with Gasteiger partial charge in [-0.25, -0.2) is 4.79 Å². The fraction of sp³-hybridized carbons (Fsp3) is 0.444. The van der Waals surface area contributed by atoms with Crippen LogP contribution in [0.1, 0.15) is 49.7 Å². The molecule has 0 bridgehead atoms. The summed E-state index contributed by atoms with van der Waals surface area (Å²) in [5.74, 6) is -1.24. The Morgan fingerprint density at radius 3 is 2.55 bits per heavy atom. The molecule has 1 aliphatic rings. The Balaban J connectivity index is 2.04. The molecular weight excluding hydrogens is 278 g/mol. The first kappa shape index (κ1) is 16.3. The summed E-state index contributed by atoms with van der Waals surface area (Å²) in [6.07, 6.45) is 7.00. The van der Waals surface area contributed by atoms with Crippen molar-refractivity contribution >= 4 is 18.0 Å². The average molecular weight is 301 g/mol. The number of carboxylic acid groups (broad SMARTS) is 1. The zero-order chi connectivity index (χ0) is 15.9. The lowest BCUT2D eigenvalue weighted by atomic mass is 9.95. The Kier molecular flexibility index (Phi) is 5.75. The molecule has 0 aliphatic heterocycles. The van der Waals surface area contributed by atoms with Crippen molar-refractivity contribution < 1.29 is 14.7 Å². The van der Waals surface area contributed by atoms with E-state index in [0.717, 1.165) is 36.8 Å². The molecule has 118 valence electrons. The number of aliphatic carboxylic acids is 1. The van der Waals surface area contributed by atoms with Gasteiger partial charge in [-0.1, -0.05) is 43.5 Å². The first-order valence-electron chi connectivity index (χ1n) is 7.85. The standard InChI is InChI=1S/C18H23NO3/c1-13-7-5-6-8-14(13)11-15(18(21)22)12-17(20)19-16-9-3-2-4-10-16/h5-8,11,16H,2-4,9-10,12H2,1H3,(H,19,20)(H,21,22)/b15-11+. The van der Waals surface area contributed by atoms with Crippen LogP contribution >= 0.6 is 0 Å². The van der Waals surface area contributed by atoms with Crippen molar-refractivity contribution in [1.82, 2.24) is 5.32 Å². The normalized spacial score (nSPS) is 16.3. The maximum atomic E-state index is 12.1. The summed E-state index contributed by atoms with van der Waals surface area (Å²) in [5, 5.41) is 12.3. The minimum absolute atomic E-state index is 0.0832. The SMILES string of the molecule is Cc1ccccc1/C=C(\CC(=O)NC1CCCCC1)C(=O)O. The topological polar surface area (TPSA) is 66.4 Å². The van der Waals surface area contributed by atoms with Gasteiger partial charge in [-0.2, -0.15) is 0 Å². The van der Waals surface area contributed by atoms with Crippen molar-refractivity contribution in [2.24, 2.45) is 0 Å². The highest BCUT2D eigenvalue weighted by Gasteiger charge is 2.18. The van der Waals surface area contributed by atoms with Crippen LogP contribution in [0.4, 0.5) is 0 Å². The van der Waals surface area contributed by atoms with Crippen molar-refractivity contribution in [2.75, 3.05) is 0 Å². The highest BCUT2D eigenvalue weighted by Crippen LogP contribution is 2.18. The second-order valence-corrected chi connectivity index (χ2v) is 5.91. The molecule has 0 spiro atoms. The van der Waals surface area contributed by atoms with E-state index in [0.29, 0.717) is 0 Å². The van der Waals surface area contributed by atoms with E-state index in [1.54, 1.807) is 6.08 Å². The Morgan fingerprint density at radius 1 is 1.23 bits per heavy atom. The van der Waals surface area contributed by atoms with Gasteiger partial charge in [0.05, 0.1) is 6.42 Å².